The molecule has 2 aromatic rings. The van der Waals surface area contributed by atoms with Gasteiger partial charge in [-0.3, -0.25) is 9.69 Å². The molecule has 0 spiro atoms. The normalized spacial score (nSPS) is 18.2. The highest BCUT2D eigenvalue weighted by Gasteiger charge is 2.35. The van der Waals surface area contributed by atoms with E-state index in [4.69, 9.17) is 9.47 Å². The number of hydrogen-bond donors (Lipinski definition) is 4. The first-order valence-electron chi connectivity index (χ1n) is 12.5. The SMILES string of the molecule is COC(=O)N1CCC(Nc2cc(C(=O)NC[C@@H](O)[C@@H]3Cc4ccc(OC)cc4CN3C(=O)O)ccn2)CC1. The van der Waals surface area contributed by atoms with Crippen molar-refractivity contribution in [1.82, 2.24) is 20.1 Å². The van der Waals surface area contributed by atoms with E-state index in [-0.39, 0.29) is 25.2 Å². The average molecular weight is 528 g/mol. The Labute approximate surface area is 220 Å². The summed E-state index contributed by atoms with van der Waals surface area (Å²) >= 11 is 0. The molecule has 12 heteroatoms. The first kappa shape index (κ1) is 27.0. The van der Waals surface area contributed by atoms with Crippen LogP contribution in [-0.4, -0.2) is 95.1 Å². The molecule has 204 valence electrons. The Bertz CT molecular complexity index is 1170. The lowest BCUT2D eigenvalue weighted by atomic mass is 9.91. The zero-order valence-corrected chi connectivity index (χ0v) is 21.4. The van der Waals surface area contributed by atoms with Gasteiger partial charge in [0.25, 0.3) is 5.91 Å². The predicted molar refractivity (Wildman–Crippen MR) is 137 cm³/mol. The van der Waals surface area contributed by atoms with Crippen molar-refractivity contribution in [3.63, 3.8) is 0 Å². The van der Waals surface area contributed by atoms with Gasteiger partial charge in [0, 0.05) is 44.0 Å². The predicted octanol–water partition coefficient (Wildman–Crippen LogP) is 1.93. The van der Waals surface area contributed by atoms with Crippen molar-refractivity contribution in [1.29, 1.82) is 0 Å². The first-order chi connectivity index (χ1) is 18.3. The van der Waals surface area contributed by atoms with Crippen LogP contribution >= 0.6 is 0 Å². The molecule has 38 heavy (non-hydrogen) atoms. The molecule has 4 rings (SSSR count). The van der Waals surface area contributed by atoms with E-state index in [0.717, 1.165) is 24.0 Å². The van der Waals surface area contributed by atoms with Crippen LogP contribution in [0.25, 0.3) is 0 Å². The Morgan fingerprint density at radius 1 is 1.13 bits per heavy atom. The summed E-state index contributed by atoms with van der Waals surface area (Å²) in [6, 6.07) is 8.06. The van der Waals surface area contributed by atoms with Crippen LogP contribution in [0, 0.1) is 0 Å². The van der Waals surface area contributed by atoms with Crippen LogP contribution in [0.4, 0.5) is 15.4 Å². The molecule has 1 aromatic carbocycles. The van der Waals surface area contributed by atoms with Gasteiger partial charge >= 0.3 is 12.2 Å². The second kappa shape index (κ2) is 12.0. The Morgan fingerprint density at radius 2 is 1.89 bits per heavy atom. The van der Waals surface area contributed by atoms with E-state index in [2.05, 4.69) is 15.6 Å². The van der Waals surface area contributed by atoms with Gasteiger partial charge in [-0.15, -0.1) is 0 Å². The number of methoxy groups -OCH3 is 2. The number of aliphatic hydroxyl groups excluding tert-OH is 1. The lowest BCUT2D eigenvalue weighted by Gasteiger charge is -2.37. The van der Waals surface area contributed by atoms with E-state index in [0.29, 0.717) is 36.6 Å². The van der Waals surface area contributed by atoms with Gasteiger partial charge in [-0.25, -0.2) is 14.6 Å². The van der Waals surface area contributed by atoms with Crippen molar-refractivity contribution in [3.05, 3.63) is 53.2 Å². The minimum atomic E-state index is -1.14. The van der Waals surface area contributed by atoms with Gasteiger partial charge in [0.05, 0.1) is 26.4 Å². The Balaban J connectivity index is 1.33. The molecule has 1 fully saturated rings. The molecule has 0 saturated carbocycles. The number of rotatable bonds is 7. The molecule has 2 aliphatic heterocycles. The van der Waals surface area contributed by atoms with Gasteiger partial charge in [-0.2, -0.15) is 0 Å². The van der Waals surface area contributed by atoms with Gasteiger partial charge < -0.3 is 35.2 Å². The Morgan fingerprint density at radius 3 is 2.58 bits per heavy atom. The summed E-state index contributed by atoms with van der Waals surface area (Å²) in [7, 11) is 2.91. The summed E-state index contributed by atoms with van der Waals surface area (Å²) in [5, 5.41) is 26.6. The number of benzene rings is 1. The Kier molecular flexibility index (Phi) is 8.52. The number of carbonyl (C=O) groups is 3. The van der Waals surface area contributed by atoms with Crippen molar-refractivity contribution in [2.75, 3.05) is 39.2 Å². The number of carbonyl (C=O) groups excluding carboxylic acids is 2. The van der Waals surface area contributed by atoms with Crippen molar-refractivity contribution in [2.24, 2.45) is 0 Å². The maximum absolute atomic E-state index is 12.8. The standard InChI is InChI=1S/C26H33N5O7/c1-37-20-4-3-16-12-21(31(25(34)35)15-18(16)11-20)22(32)14-28-24(33)17-5-8-27-23(13-17)29-19-6-9-30(10-7-19)26(36)38-2/h3-5,8,11,13,19,21-22,32H,6-7,9-10,12,14-15H2,1-2H3,(H,27,29)(H,28,33)(H,34,35)/t21-,22+/m0/s1. The van der Waals surface area contributed by atoms with Gasteiger partial charge in [-0.05, 0) is 54.7 Å². The second-order valence-electron chi connectivity index (χ2n) is 9.40. The van der Waals surface area contributed by atoms with E-state index in [1.54, 1.807) is 36.3 Å². The molecular formula is C26H33N5O7. The number of aliphatic hydroxyl groups is 1. The van der Waals surface area contributed by atoms with Crippen molar-refractivity contribution in [2.45, 2.75) is 44.0 Å². The van der Waals surface area contributed by atoms with Crippen LogP contribution in [0.5, 0.6) is 5.75 Å². The highest BCUT2D eigenvalue weighted by molar-refractivity contribution is 5.94. The number of anilines is 1. The number of ether oxygens (including phenoxy) is 2. The van der Waals surface area contributed by atoms with E-state index >= 15 is 0 Å². The average Bonchev–Trinajstić information content (AvgIpc) is 2.94. The lowest BCUT2D eigenvalue weighted by Crippen LogP contribution is -2.53. The minimum absolute atomic E-state index is 0.0969. The molecule has 0 radical (unpaired) electrons. The number of piperidine rings is 1. The third-order valence-corrected chi connectivity index (χ3v) is 7.05. The van der Waals surface area contributed by atoms with Crippen LogP contribution in [0.15, 0.2) is 36.5 Å². The summed E-state index contributed by atoms with van der Waals surface area (Å²) in [6.07, 6.45) is 0.691. The number of carboxylic acid groups (broad SMARTS) is 1. The summed E-state index contributed by atoms with van der Waals surface area (Å²) in [4.78, 5) is 43.5. The molecule has 0 aliphatic carbocycles. The summed E-state index contributed by atoms with van der Waals surface area (Å²) in [5.41, 5.74) is 2.12. The van der Waals surface area contributed by atoms with Gasteiger partial charge in [0.15, 0.2) is 0 Å². The molecule has 2 atom stereocenters. The zero-order chi connectivity index (χ0) is 27.2. The van der Waals surface area contributed by atoms with Crippen molar-refractivity contribution < 1.29 is 34.1 Å². The highest BCUT2D eigenvalue weighted by Crippen LogP contribution is 2.28. The number of nitrogens with zero attached hydrogens (tertiary/aromatic N) is 3. The molecule has 0 bridgehead atoms. The van der Waals surface area contributed by atoms with Crippen LogP contribution in [-0.2, 0) is 17.7 Å². The molecule has 3 heterocycles. The molecule has 0 unspecified atom stereocenters. The van der Waals surface area contributed by atoms with E-state index in [1.807, 2.05) is 6.07 Å². The number of aromatic nitrogens is 1. The fourth-order valence-electron chi connectivity index (χ4n) is 4.90. The largest absolute Gasteiger partial charge is 0.497 e. The summed E-state index contributed by atoms with van der Waals surface area (Å²) in [6.45, 7) is 1.13. The monoisotopic (exact) mass is 527 g/mol. The zero-order valence-electron chi connectivity index (χ0n) is 21.4. The minimum Gasteiger partial charge on any atom is -0.497 e. The number of amides is 3. The molecule has 12 nitrogen and oxygen atoms in total. The number of likely N-dealkylation sites (tertiary alicyclic amines) is 1. The molecule has 3 amide bonds. The van der Waals surface area contributed by atoms with Gasteiger partial charge in [0.1, 0.15) is 11.6 Å². The summed E-state index contributed by atoms with van der Waals surface area (Å²) in [5.74, 6) is 0.766. The molecule has 2 aliphatic rings. The molecule has 1 saturated heterocycles. The van der Waals surface area contributed by atoms with E-state index < -0.39 is 24.1 Å². The smallest absolute Gasteiger partial charge is 0.409 e. The second-order valence-corrected chi connectivity index (χ2v) is 9.40. The Hall–Kier alpha value is -4.06. The highest BCUT2D eigenvalue weighted by atomic mass is 16.5. The van der Waals surface area contributed by atoms with Crippen LogP contribution in [0.3, 0.4) is 0 Å². The lowest BCUT2D eigenvalue weighted by molar-refractivity contribution is 0.0382. The van der Waals surface area contributed by atoms with E-state index in [1.165, 1.54) is 18.2 Å². The number of pyridine rings is 1. The number of fused-ring (bicyclic) bond motifs is 1. The maximum atomic E-state index is 12.8. The van der Waals surface area contributed by atoms with Crippen molar-refractivity contribution >= 4 is 23.9 Å². The third kappa shape index (κ3) is 6.25. The first-order valence-corrected chi connectivity index (χ1v) is 12.5. The molecule has 1 aromatic heterocycles. The van der Waals surface area contributed by atoms with Gasteiger partial charge in [0.2, 0.25) is 0 Å². The number of nitrogens with one attached hydrogen (secondary N) is 2. The fourth-order valence-corrected chi connectivity index (χ4v) is 4.90. The van der Waals surface area contributed by atoms with Crippen LogP contribution in [0.2, 0.25) is 0 Å². The molecular weight excluding hydrogens is 494 g/mol. The maximum Gasteiger partial charge on any atom is 0.409 e. The van der Waals surface area contributed by atoms with Crippen molar-refractivity contribution in [3.8, 4) is 5.75 Å². The third-order valence-electron chi connectivity index (χ3n) is 7.05. The summed E-state index contributed by atoms with van der Waals surface area (Å²) < 4.78 is 10.00. The fraction of sp³-hybridized carbons (Fsp3) is 0.462. The van der Waals surface area contributed by atoms with Crippen LogP contribution < -0.4 is 15.4 Å². The van der Waals surface area contributed by atoms with Crippen LogP contribution in [0.1, 0.15) is 34.3 Å². The number of hydrogen-bond acceptors (Lipinski definition) is 8. The molecule has 4 N–H and O–H groups in total. The quantitative estimate of drug-likeness (QED) is 0.423. The van der Waals surface area contributed by atoms with E-state index in [9.17, 15) is 24.6 Å². The topological polar surface area (TPSA) is 154 Å². The van der Waals surface area contributed by atoms with Gasteiger partial charge in [-0.1, -0.05) is 6.07 Å².